The van der Waals surface area contributed by atoms with Gasteiger partial charge in [0.2, 0.25) is 11.8 Å². The maximum Gasteiger partial charge on any atom is 0.326 e. The summed E-state index contributed by atoms with van der Waals surface area (Å²) in [5.74, 6) is -1.92. The van der Waals surface area contributed by atoms with Crippen LogP contribution in [0.25, 0.3) is 0 Å². The molecule has 1 fully saturated rings. The van der Waals surface area contributed by atoms with Gasteiger partial charge < -0.3 is 20.8 Å². The topological polar surface area (TPSA) is 128 Å². The number of carbonyl (C=O) groups excluding carboxylic acids is 2. The Bertz CT molecular complexity index is 310. The fraction of sp³-hybridized carbons (Fsp3) is 0.667. The normalized spacial score (nSPS) is 21.5. The summed E-state index contributed by atoms with van der Waals surface area (Å²) in [5.41, 5.74) is 0. The van der Waals surface area contributed by atoms with Crippen LogP contribution in [0.15, 0.2) is 0 Å². The Morgan fingerprint density at radius 2 is 2.24 bits per heavy atom. The van der Waals surface area contributed by atoms with Crippen molar-refractivity contribution >= 4 is 17.8 Å². The molecule has 1 heterocycles. The van der Waals surface area contributed by atoms with E-state index in [4.69, 9.17) is 10.2 Å². The summed E-state index contributed by atoms with van der Waals surface area (Å²) >= 11 is 0. The molecule has 0 aromatic carbocycles. The standard InChI is InChI=1S/C9H15N3O5/c13-2-1-5(9(16)17)12-8(15)6-3-11-7(14)4-10-6/h5-6,10,13H,1-4H2,(H,11,14)(H,12,15)(H,16,17). The van der Waals surface area contributed by atoms with Crippen LogP contribution in [0.2, 0.25) is 0 Å². The number of carboxylic acids is 1. The van der Waals surface area contributed by atoms with Crippen molar-refractivity contribution < 1.29 is 24.6 Å². The largest absolute Gasteiger partial charge is 0.480 e. The third kappa shape index (κ3) is 4.00. The van der Waals surface area contributed by atoms with Crippen LogP contribution in [0.5, 0.6) is 0 Å². The van der Waals surface area contributed by atoms with Crippen molar-refractivity contribution in [3.8, 4) is 0 Å². The van der Waals surface area contributed by atoms with E-state index in [9.17, 15) is 14.4 Å². The van der Waals surface area contributed by atoms with Gasteiger partial charge in [-0.3, -0.25) is 14.9 Å². The van der Waals surface area contributed by atoms with E-state index < -0.39 is 24.0 Å². The van der Waals surface area contributed by atoms with Crippen LogP contribution in [0, 0.1) is 0 Å². The third-order valence-corrected chi connectivity index (χ3v) is 2.36. The highest BCUT2D eigenvalue weighted by Crippen LogP contribution is 1.95. The van der Waals surface area contributed by atoms with Crippen LogP contribution >= 0.6 is 0 Å². The predicted molar refractivity (Wildman–Crippen MR) is 56.1 cm³/mol. The molecule has 8 heteroatoms. The first-order valence-electron chi connectivity index (χ1n) is 5.18. The zero-order chi connectivity index (χ0) is 12.8. The van der Waals surface area contributed by atoms with Gasteiger partial charge in [-0.15, -0.1) is 0 Å². The van der Waals surface area contributed by atoms with Crippen LogP contribution < -0.4 is 16.0 Å². The summed E-state index contributed by atoms with van der Waals surface area (Å²) in [7, 11) is 0. The minimum absolute atomic E-state index is 0.0236. The summed E-state index contributed by atoms with van der Waals surface area (Å²) in [4.78, 5) is 33.2. The summed E-state index contributed by atoms with van der Waals surface area (Å²) in [6.07, 6.45) is -0.0554. The molecule has 0 radical (unpaired) electrons. The van der Waals surface area contributed by atoms with E-state index in [0.29, 0.717) is 0 Å². The molecule has 0 spiro atoms. The van der Waals surface area contributed by atoms with Gasteiger partial charge in [0.15, 0.2) is 0 Å². The molecule has 1 aliphatic rings. The van der Waals surface area contributed by atoms with Gasteiger partial charge in [-0.2, -0.15) is 0 Å². The Hall–Kier alpha value is -1.67. The summed E-state index contributed by atoms with van der Waals surface area (Å²) < 4.78 is 0. The average Bonchev–Trinajstić information content (AvgIpc) is 2.29. The summed E-state index contributed by atoms with van der Waals surface area (Å²) in [6, 6.07) is -1.76. The van der Waals surface area contributed by atoms with Crippen molar-refractivity contribution in [2.45, 2.75) is 18.5 Å². The number of amides is 2. The van der Waals surface area contributed by atoms with Gasteiger partial charge in [-0.05, 0) is 0 Å². The molecule has 1 rings (SSSR count). The molecular weight excluding hydrogens is 230 g/mol. The fourth-order valence-corrected chi connectivity index (χ4v) is 1.41. The lowest BCUT2D eigenvalue weighted by atomic mass is 10.1. The number of carboxylic acid groups (broad SMARTS) is 1. The Balaban J connectivity index is 2.46. The van der Waals surface area contributed by atoms with Crippen molar-refractivity contribution in [1.82, 2.24) is 16.0 Å². The van der Waals surface area contributed by atoms with Crippen molar-refractivity contribution in [3.05, 3.63) is 0 Å². The van der Waals surface area contributed by atoms with Gasteiger partial charge in [-0.25, -0.2) is 4.79 Å². The van der Waals surface area contributed by atoms with Gasteiger partial charge in [0, 0.05) is 19.6 Å². The Morgan fingerprint density at radius 1 is 1.53 bits per heavy atom. The Labute approximate surface area is 97.4 Å². The second kappa shape index (κ2) is 6.16. The number of hydrogen-bond acceptors (Lipinski definition) is 5. The van der Waals surface area contributed by atoms with Crippen molar-refractivity contribution in [2.75, 3.05) is 19.7 Å². The first-order chi connectivity index (χ1) is 8.04. The first kappa shape index (κ1) is 13.4. The van der Waals surface area contributed by atoms with Crippen LogP contribution in [0.1, 0.15) is 6.42 Å². The monoisotopic (exact) mass is 245 g/mol. The van der Waals surface area contributed by atoms with Crippen molar-refractivity contribution in [1.29, 1.82) is 0 Å². The van der Waals surface area contributed by atoms with E-state index in [-0.39, 0.29) is 32.0 Å². The highest BCUT2D eigenvalue weighted by Gasteiger charge is 2.27. The molecule has 8 nitrogen and oxygen atoms in total. The molecule has 2 amide bonds. The van der Waals surface area contributed by atoms with E-state index in [0.717, 1.165) is 0 Å². The maximum atomic E-state index is 11.6. The van der Waals surface area contributed by atoms with Crippen molar-refractivity contribution in [3.63, 3.8) is 0 Å². The second-order valence-electron chi connectivity index (χ2n) is 3.65. The third-order valence-electron chi connectivity index (χ3n) is 2.36. The zero-order valence-electron chi connectivity index (χ0n) is 9.10. The Morgan fingerprint density at radius 3 is 2.71 bits per heavy atom. The first-order valence-corrected chi connectivity index (χ1v) is 5.18. The lowest BCUT2D eigenvalue weighted by Gasteiger charge is -2.24. The minimum atomic E-state index is -1.20. The SMILES string of the molecule is O=C1CNC(C(=O)NC(CCO)C(=O)O)CN1. The fourth-order valence-electron chi connectivity index (χ4n) is 1.41. The zero-order valence-corrected chi connectivity index (χ0v) is 9.10. The molecule has 0 aliphatic carbocycles. The number of aliphatic hydroxyl groups excluding tert-OH is 1. The minimum Gasteiger partial charge on any atom is -0.480 e. The number of carbonyl (C=O) groups is 3. The summed E-state index contributed by atoms with van der Waals surface area (Å²) in [6.45, 7) is -0.183. The molecule has 96 valence electrons. The Kier molecular flexibility index (Phi) is 4.85. The second-order valence-corrected chi connectivity index (χ2v) is 3.65. The molecule has 1 saturated heterocycles. The van der Waals surface area contributed by atoms with Crippen LogP contribution in [0.3, 0.4) is 0 Å². The number of nitrogens with one attached hydrogen (secondary N) is 3. The van der Waals surface area contributed by atoms with E-state index in [1.165, 1.54) is 0 Å². The van der Waals surface area contributed by atoms with Crippen LogP contribution in [-0.2, 0) is 14.4 Å². The maximum absolute atomic E-state index is 11.6. The molecular formula is C9H15N3O5. The predicted octanol–water partition coefficient (Wildman–Crippen LogP) is -2.97. The number of aliphatic carboxylic acids is 1. The molecule has 0 aromatic heterocycles. The lowest BCUT2D eigenvalue weighted by Crippen LogP contribution is -2.59. The number of rotatable bonds is 5. The highest BCUT2D eigenvalue weighted by atomic mass is 16.4. The lowest BCUT2D eigenvalue weighted by molar-refractivity contribution is -0.142. The smallest absolute Gasteiger partial charge is 0.326 e. The number of hydrogen-bond donors (Lipinski definition) is 5. The van der Waals surface area contributed by atoms with E-state index in [1.54, 1.807) is 0 Å². The average molecular weight is 245 g/mol. The van der Waals surface area contributed by atoms with E-state index in [1.807, 2.05) is 0 Å². The number of piperazine rings is 1. The van der Waals surface area contributed by atoms with Crippen LogP contribution in [-0.4, -0.2) is 59.8 Å². The van der Waals surface area contributed by atoms with Crippen LogP contribution in [0.4, 0.5) is 0 Å². The molecule has 2 unspecified atom stereocenters. The molecule has 1 aliphatic heterocycles. The highest BCUT2D eigenvalue weighted by molar-refractivity contribution is 5.89. The molecule has 5 N–H and O–H groups in total. The van der Waals surface area contributed by atoms with Gasteiger partial charge in [0.25, 0.3) is 0 Å². The van der Waals surface area contributed by atoms with E-state index >= 15 is 0 Å². The molecule has 0 aromatic rings. The molecule has 2 atom stereocenters. The molecule has 0 bridgehead atoms. The van der Waals surface area contributed by atoms with Gasteiger partial charge in [0.1, 0.15) is 12.1 Å². The van der Waals surface area contributed by atoms with Gasteiger partial charge in [0.05, 0.1) is 6.54 Å². The number of aliphatic hydroxyl groups is 1. The summed E-state index contributed by atoms with van der Waals surface area (Å²) in [5, 5.41) is 24.9. The molecule has 17 heavy (non-hydrogen) atoms. The van der Waals surface area contributed by atoms with Gasteiger partial charge in [-0.1, -0.05) is 0 Å². The molecule has 0 saturated carbocycles. The quantitative estimate of drug-likeness (QED) is 0.352. The van der Waals surface area contributed by atoms with E-state index in [2.05, 4.69) is 16.0 Å². The van der Waals surface area contributed by atoms with Crippen molar-refractivity contribution in [2.24, 2.45) is 0 Å². The van der Waals surface area contributed by atoms with Gasteiger partial charge >= 0.3 is 5.97 Å².